The van der Waals surface area contributed by atoms with Gasteiger partial charge >= 0.3 is 0 Å². The van der Waals surface area contributed by atoms with Crippen molar-refractivity contribution in [2.45, 2.75) is 26.3 Å². The molecule has 1 aliphatic heterocycles. The van der Waals surface area contributed by atoms with Gasteiger partial charge in [-0.05, 0) is 37.1 Å². The lowest BCUT2D eigenvalue weighted by atomic mass is 10.0. The van der Waals surface area contributed by atoms with Crippen LogP contribution in [0, 0.1) is 6.92 Å². The first-order chi connectivity index (χ1) is 15.0. The normalized spacial score (nSPS) is 15.7. The summed E-state index contributed by atoms with van der Waals surface area (Å²) in [6.45, 7) is 4.14. The van der Waals surface area contributed by atoms with E-state index in [9.17, 15) is 9.59 Å². The highest BCUT2D eigenvalue weighted by atomic mass is 16.5. The van der Waals surface area contributed by atoms with Crippen LogP contribution in [0.5, 0.6) is 0 Å². The largest absolute Gasteiger partial charge is 0.337 e. The number of carbonyl (C=O) groups is 2. The average molecular weight is 416 g/mol. The summed E-state index contributed by atoms with van der Waals surface area (Å²) in [5.74, 6) is 0.562. The smallest absolute Gasteiger partial charge is 0.274 e. The molecule has 9 heteroatoms. The van der Waals surface area contributed by atoms with Crippen LogP contribution in [0.25, 0.3) is 17.0 Å². The summed E-state index contributed by atoms with van der Waals surface area (Å²) in [6, 6.07) is 11.0. The lowest BCUT2D eigenvalue weighted by Crippen LogP contribution is -2.44. The van der Waals surface area contributed by atoms with E-state index in [1.165, 1.54) is 6.92 Å². The number of amides is 2. The van der Waals surface area contributed by atoms with Crippen molar-refractivity contribution in [1.82, 2.24) is 24.4 Å². The zero-order valence-corrected chi connectivity index (χ0v) is 17.1. The third-order valence-electron chi connectivity index (χ3n) is 5.54. The molecule has 0 saturated carbocycles. The molecule has 1 saturated heterocycles. The quantitative estimate of drug-likeness (QED) is 0.547. The molecular weight excluding hydrogens is 396 g/mol. The van der Waals surface area contributed by atoms with Crippen molar-refractivity contribution in [2.24, 2.45) is 0 Å². The second-order valence-corrected chi connectivity index (χ2v) is 7.53. The third kappa shape index (κ3) is 3.33. The van der Waals surface area contributed by atoms with Gasteiger partial charge in [0.15, 0.2) is 0 Å². The minimum atomic E-state index is -0.265. The lowest BCUT2D eigenvalue weighted by molar-refractivity contribution is -0.137. The lowest BCUT2D eigenvalue weighted by Gasteiger charge is -2.37. The number of benzene rings is 1. The van der Waals surface area contributed by atoms with Gasteiger partial charge in [-0.25, -0.2) is 4.98 Å². The second kappa shape index (κ2) is 7.35. The second-order valence-electron chi connectivity index (χ2n) is 7.53. The highest BCUT2D eigenvalue weighted by molar-refractivity contribution is 6.04. The van der Waals surface area contributed by atoms with Crippen molar-refractivity contribution < 1.29 is 14.1 Å². The number of rotatable bonds is 4. The first-order valence-electron chi connectivity index (χ1n) is 9.96. The number of carbonyl (C=O) groups excluding carboxylic acids is 2. The molecule has 0 aliphatic carbocycles. The number of nitrogens with zero attached hydrogens (tertiary/aromatic N) is 5. The van der Waals surface area contributed by atoms with Gasteiger partial charge in [-0.1, -0.05) is 23.4 Å². The minimum absolute atomic E-state index is 0.0104. The number of imidazole rings is 1. The maximum absolute atomic E-state index is 12.9. The Morgan fingerprint density at radius 2 is 2.10 bits per heavy atom. The summed E-state index contributed by atoms with van der Waals surface area (Å²) in [5.41, 5.74) is 3.40. The van der Waals surface area contributed by atoms with Crippen molar-refractivity contribution in [3.8, 4) is 11.4 Å². The Morgan fingerprint density at radius 1 is 1.23 bits per heavy atom. The van der Waals surface area contributed by atoms with Crippen LogP contribution < -0.4 is 5.32 Å². The predicted octanol–water partition coefficient (Wildman–Crippen LogP) is 3.24. The number of likely N-dealkylation sites (tertiary alicyclic amines) is 1. The molecule has 5 rings (SSSR count). The number of hydrogen-bond acceptors (Lipinski definition) is 6. The summed E-state index contributed by atoms with van der Waals surface area (Å²) in [6.07, 6.45) is 4.15. The van der Waals surface area contributed by atoms with E-state index in [1.807, 2.05) is 43.3 Å². The van der Waals surface area contributed by atoms with Gasteiger partial charge in [0, 0.05) is 30.9 Å². The molecule has 31 heavy (non-hydrogen) atoms. The van der Waals surface area contributed by atoms with Crippen LogP contribution in [0.4, 0.5) is 5.69 Å². The van der Waals surface area contributed by atoms with Crippen LogP contribution in [0.1, 0.15) is 41.3 Å². The van der Waals surface area contributed by atoms with Gasteiger partial charge in [-0.15, -0.1) is 0 Å². The van der Waals surface area contributed by atoms with Gasteiger partial charge in [0.2, 0.25) is 17.6 Å². The third-order valence-corrected chi connectivity index (χ3v) is 5.54. The van der Waals surface area contributed by atoms with E-state index in [1.54, 1.807) is 21.7 Å². The summed E-state index contributed by atoms with van der Waals surface area (Å²) in [4.78, 5) is 35.0. The molecule has 1 aromatic carbocycles. The number of pyridine rings is 1. The minimum Gasteiger partial charge on any atom is -0.337 e. The molecule has 1 N–H and O–H groups in total. The topological polar surface area (TPSA) is 106 Å². The Morgan fingerprint density at radius 3 is 2.87 bits per heavy atom. The maximum Gasteiger partial charge on any atom is 0.274 e. The van der Waals surface area contributed by atoms with Gasteiger partial charge in [0.25, 0.3) is 5.91 Å². The van der Waals surface area contributed by atoms with E-state index in [4.69, 9.17) is 4.52 Å². The van der Waals surface area contributed by atoms with Gasteiger partial charge in [-0.3, -0.25) is 14.0 Å². The number of anilines is 1. The monoisotopic (exact) mass is 416 g/mol. The van der Waals surface area contributed by atoms with Crippen molar-refractivity contribution in [3.05, 3.63) is 65.9 Å². The highest BCUT2D eigenvalue weighted by Crippen LogP contribution is 2.33. The van der Waals surface area contributed by atoms with E-state index >= 15 is 0 Å². The van der Waals surface area contributed by atoms with Crippen molar-refractivity contribution in [1.29, 1.82) is 0 Å². The fourth-order valence-corrected chi connectivity index (χ4v) is 3.69. The molecule has 0 spiro atoms. The number of fused-ring (bicyclic) bond motifs is 1. The number of aromatic nitrogens is 4. The molecule has 4 heterocycles. The predicted molar refractivity (Wildman–Crippen MR) is 112 cm³/mol. The molecule has 3 aromatic heterocycles. The summed E-state index contributed by atoms with van der Waals surface area (Å²) < 4.78 is 7.14. The molecule has 4 aromatic rings. The standard InChI is InChI=1S/C22H20N6O3/c1-13-6-7-15(20-25-22(31-26-20)17-8-10-27(17)14(2)29)11-16(13)24-21(30)18-12-23-19-5-3-4-9-28(18)19/h3-7,9,11-12,17H,8,10H2,1-2H3,(H,24,30)/t17-/m0/s1. The molecule has 9 nitrogen and oxygen atoms in total. The van der Waals surface area contributed by atoms with E-state index in [2.05, 4.69) is 20.4 Å². The SMILES string of the molecule is CC(=O)N1CC[C@H]1c1nc(-c2ccc(C)c(NC(=O)c3cnc4ccccn34)c2)no1. The molecule has 1 atom stereocenters. The van der Waals surface area contributed by atoms with E-state index < -0.39 is 0 Å². The van der Waals surface area contributed by atoms with Crippen LogP contribution in [0.3, 0.4) is 0 Å². The number of hydrogen-bond donors (Lipinski definition) is 1. The van der Waals surface area contributed by atoms with Gasteiger partial charge in [0.1, 0.15) is 17.4 Å². The van der Waals surface area contributed by atoms with Crippen LogP contribution in [0.2, 0.25) is 0 Å². The fourth-order valence-electron chi connectivity index (χ4n) is 3.69. The Bertz CT molecular complexity index is 1310. The van der Waals surface area contributed by atoms with Crippen LogP contribution >= 0.6 is 0 Å². The van der Waals surface area contributed by atoms with E-state index in [0.29, 0.717) is 40.9 Å². The van der Waals surface area contributed by atoms with Crippen molar-refractivity contribution in [2.75, 3.05) is 11.9 Å². The van der Waals surface area contributed by atoms with Gasteiger partial charge in [0.05, 0.1) is 6.20 Å². The Hall–Kier alpha value is -4.01. The maximum atomic E-state index is 12.9. The molecule has 156 valence electrons. The van der Waals surface area contributed by atoms with E-state index in [0.717, 1.165) is 12.0 Å². The van der Waals surface area contributed by atoms with Crippen molar-refractivity contribution >= 4 is 23.1 Å². The summed E-state index contributed by atoms with van der Waals surface area (Å²) >= 11 is 0. The van der Waals surface area contributed by atoms with Gasteiger partial charge in [-0.2, -0.15) is 4.98 Å². The zero-order valence-electron chi connectivity index (χ0n) is 17.1. The Labute approximate surface area is 177 Å². The zero-order chi connectivity index (χ0) is 21.5. The van der Waals surface area contributed by atoms with Crippen LogP contribution in [0.15, 0.2) is 53.3 Å². The number of aryl methyl sites for hydroxylation is 1. The first-order valence-corrected chi connectivity index (χ1v) is 9.96. The molecule has 0 bridgehead atoms. The summed E-state index contributed by atoms with van der Waals surface area (Å²) in [5, 5.41) is 7.02. The molecule has 2 amide bonds. The molecular formula is C22H20N6O3. The molecule has 1 fully saturated rings. The Balaban J connectivity index is 1.40. The van der Waals surface area contributed by atoms with Crippen molar-refractivity contribution in [3.63, 3.8) is 0 Å². The van der Waals surface area contributed by atoms with E-state index in [-0.39, 0.29) is 17.9 Å². The average Bonchev–Trinajstić information content (AvgIpc) is 3.36. The van der Waals surface area contributed by atoms with Crippen LogP contribution in [-0.4, -0.2) is 42.8 Å². The summed E-state index contributed by atoms with van der Waals surface area (Å²) in [7, 11) is 0. The first kappa shape index (κ1) is 19.0. The highest BCUT2D eigenvalue weighted by Gasteiger charge is 2.35. The fraction of sp³-hybridized carbons (Fsp3) is 0.227. The molecule has 1 aliphatic rings. The van der Waals surface area contributed by atoms with Gasteiger partial charge < -0.3 is 14.7 Å². The Kier molecular flexibility index (Phi) is 4.50. The van der Waals surface area contributed by atoms with Crippen LogP contribution in [-0.2, 0) is 4.79 Å². The molecule has 0 radical (unpaired) electrons. The molecule has 0 unspecified atom stereocenters. The number of nitrogens with one attached hydrogen (secondary N) is 1.